The largest absolute Gasteiger partial charge is 0.356 e. The maximum atomic E-state index is 12.4. The van der Waals surface area contributed by atoms with Crippen LogP contribution in [0.3, 0.4) is 0 Å². The second kappa shape index (κ2) is 37.5. The molecule has 4 unspecified atom stereocenters. The van der Waals surface area contributed by atoms with Gasteiger partial charge in [-0.15, -0.1) is 0 Å². The van der Waals surface area contributed by atoms with Gasteiger partial charge in [0, 0.05) is 13.0 Å². The van der Waals surface area contributed by atoms with Gasteiger partial charge in [0.15, 0.2) is 0 Å². The molecule has 0 aliphatic carbocycles. The molecule has 0 rings (SSSR count). The highest BCUT2D eigenvalue weighted by atomic mass is 16.1. The van der Waals surface area contributed by atoms with Crippen LogP contribution in [0.1, 0.15) is 156 Å². The summed E-state index contributed by atoms with van der Waals surface area (Å²) in [5.41, 5.74) is 11.1. The third-order valence-corrected chi connectivity index (χ3v) is 10.1. The number of unbranched alkanes of at least 4 members (excludes halogenated alkanes) is 5. The van der Waals surface area contributed by atoms with Crippen LogP contribution >= 0.6 is 0 Å². The fraction of sp³-hybridized carbons (Fsp3) is 0.975. The number of hydrogen-bond donors (Lipinski definition) is 7. The van der Waals surface area contributed by atoms with E-state index >= 15 is 0 Å². The van der Waals surface area contributed by atoms with E-state index < -0.39 is 0 Å². The summed E-state index contributed by atoms with van der Waals surface area (Å²) in [4.78, 5) is 12.4. The first-order valence-electron chi connectivity index (χ1n) is 20.9. The summed E-state index contributed by atoms with van der Waals surface area (Å²) in [6, 6.07) is 0. The van der Waals surface area contributed by atoms with E-state index in [-0.39, 0.29) is 5.91 Å². The summed E-state index contributed by atoms with van der Waals surface area (Å²) in [7, 11) is 0. The molecule has 0 radical (unpaired) electrons. The van der Waals surface area contributed by atoms with Gasteiger partial charge in [0.1, 0.15) is 0 Å². The highest BCUT2D eigenvalue weighted by Gasteiger charge is 2.10. The van der Waals surface area contributed by atoms with E-state index in [1.165, 1.54) is 89.9 Å². The standard InChI is InChI=1S/C40H87N7O/c1-5-36(2)18-9-10-19-37(3)20-14-21-38(4)23-24-40(48)47-33-11-7-6-8-22-39(35-46-32-17-31-44-30-16-26-42)34-45-28-13-12-27-43-29-15-25-41/h36-39,43-46H,5-35,41-42H2,1-4H3,(H,47,48). The van der Waals surface area contributed by atoms with E-state index in [2.05, 4.69) is 54.3 Å². The lowest BCUT2D eigenvalue weighted by Crippen LogP contribution is -2.33. The SMILES string of the molecule is CCC(C)CCCCC(C)CCCC(C)CCC(=O)NCCCCCCC(CNCCCCNCCCN)CNCCCNCCCN. The van der Waals surface area contributed by atoms with Crippen LogP contribution in [-0.2, 0) is 4.79 Å². The Morgan fingerprint density at radius 1 is 0.479 bits per heavy atom. The summed E-state index contributed by atoms with van der Waals surface area (Å²) < 4.78 is 0. The molecule has 8 nitrogen and oxygen atoms in total. The second-order valence-corrected chi connectivity index (χ2v) is 15.2. The molecule has 0 aromatic rings. The average Bonchev–Trinajstić information content (AvgIpc) is 3.08. The highest BCUT2D eigenvalue weighted by Crippen LogP contribution is 2.21. The zero-order valence-corrected chi connectivity index (χ0v) is 32.8. The maximum absolute atomic E-state index is 12.4. The Hall–Kier alpha value is -0.770. The quantitative estimate of drug-likeness (QED) is 0.0359. The van der Waals surface area contributed by atoms with Crippen LogP contribution in [0.4, 0.5) is 0 Å². The van der Waals surface area contributed by atoms with Crippen molar-refractivity contribution in [2.45, 2.75) is 156 Å². The molecule has 0 aromatic heterocycles. The molecule has 9 N–H and O–H groups in total. The Morgan fingerprint density at radius 2 is 0.938 bits per heavy atom. The lowest BCUT2D eigenvalue weighted by Gasteiger charge is -2.19. The molecule has 0 aliphatic heterocycles. The zero-order chi connectivity index (χ0) is 35.3. The molecule has 4 atom stereocenters. The van der Waals surface area contributed by atoms with Gasteiger partial charge in [0.2, 0.25) is 5.91 Å². The monoisotopic (exact) mass is 682 g/mol. The fourth-order valence-corrected chi connectivity index (χ4v) is 6.33. The van der Waals surface area contributed by atoms with Gasteiger partial charge in [0.25, 0.3) is 0 Å². The minimum Gasteiger partial charge on any atom is -0.356 e. The van der Waals surface area contributed by atoms with E-state index in [0.717, 1.165) is 116 Å². The molecule has 0 fully saturated rings. The predicted octanol–water partition coefficient (Wildman–Crippen LogP) is 6.72. The van der Waals surface area contributed by atoms with Crippen LogP contribution in [0.25, 0.3) is 0 Å². The third-order valence-electron chi connectivity index (χ3n) is 10.1. The van der Waals surface area contributed by atoms with Crippen molar-refractivity contribution in [3.63, 3.8) is 0 Å². The van der Waals surface area contributed by atoms with E-state index in [9.17, 15) is 4.79 Å². The van der Waals surface area contributed by atoms with E-state index in [1.807, 2.05) is 0 Å². The minimum absolute atomic E-state index is 0.245. The number of carbonyl (C=O) groups excluding carboxylic acids is 1. The van der Waals surface area contributed by atoms with Crippen molar-refractivity contribution < 1.29 is 4.79 Å². The van der Waals surface area contributed by atoms with Crippen molar-refractivity contribution in [1.29, 1.82) is 0 Å². The van der Waals surface area contributed by atoms with Crippen LogP contribution in [-0.4, -0.2) is 77.9 Å². The van der Waals surface area contributed by atoms with E-state index in [1.54, 1.807) is 0 Å². The average molecular weight is 682 g/mol. The molecular formula is C40H87N7O. The highest BCUT2D eigenvalue weighted by molar-refractivity contribution is 5.75. The topological polar surface area (TPSA) is 129 Å². The van der Waals surface area contributed by atoms with Crippen LogP contribution in [0.15, 0.2) is 0 Å². The van der Waals surface area contributed by atoms with Gasteiger partial charge in [-0.3, -0.25) is 4.79 Å². The first kappa shape index (κ1) is 47.2. The number of nitrogens with one attached hydrogen (secondary N) is 5. The lowest BCUT2D eigenvalue weighted by atomic mass is 9.92. The van der Waals surface area contributed by atoms with Gasteiger partial charge in [-0.25, -0.2) is 0 Å². The molecule has 0 heterocycles. The lowest BCUT2D eigenvalue weighted by molar-refractivity contribution is -0.121. The smallest absolute Gasteiger partial charge is 0.220 e. The van der Waals surface area contributed by atoms with E-state index in [4.69, 9.17) is 11.5 Å². The molecule has 0 saturated heterocycles. The Labute approximate surface area is 300 Å². The van der Waals surface area contributed by atoms with Gasteiger partial charge >= 0.3 is 0 Å². The number of carbonyl (C=O) groups is 1. The molecule has 0 aromatic carbocycles. The maximum Gasteiger partial charge on any atom is 0.220 e. The van der Waals surface area contributed by atoms with Gasteiger partial charge in [-0.1, -0.05) is 98.3 Å². The summed E-state index contributed by atoms with van der Waals surface area (Å²) in [6.45, 7) is 20.3. The zero-order valence-electron chi connectivity index (χ0n) is 32.8. The van der Waals surface area contributed by atoms with Gasteiger partial charge < -0.3 is 38.1 Å². The normalized spacial score (nSPS) is 14.2. The molecule has 288 valence electrons. The molecule has 0 aliphatic rings. The Morgan fingerprint density at radius 3 is 1.56 bits per heavy atom. The van der Waals surface area contributed by atoms with Crippen molar-refractivity contribution in [1.82, 2.24) is 26.6 Å². The van der Waals surface area contributed by atoms with Crippen molar-refractivity contribution in [3.8, 4) is 0 Å². The molecule has 48 heavy (non-hydrogen) atoms. The van der Waals surface area contributed by atoms with E-state index in [0.29, 0.717) is 18.3 Å². The first-order valence-corrected chi connectivity index (χ1v) is 20.9. The van der Waals surface area contributed by atoms with Crippen LogP contribution in [0.5, 0.6) is 0 Å². The number of rotatable bonds is 39. The van der Waals surface area contributed by atoms with Crippen molar-refractivity contribution in [2.75, 3.05) is 72.0 Å². The van der Waals surface area contributed by atoms with Crippen LogP contribution in [0.2, 0.25) is 0 Å². The van der Waals surface area contributed by atoms with Gasteiger partial charge in [0.05, 0.1) is 0 Å². The minimum atomic E-state index is 0.245. The Bertz CT molecular complexity index is 653. The van der Waals surface area contributed by atoms with Gasteiger partial charge in [-0.2, -0.15) is 0 Å². The number of hydrogen-bond acceptors (Lipinski definition) is 7. The number of nitrogens with two attached hydrogens (primary N) is 2. The van der Waals surface area contributed by atoms with Crippen LogP contribution < -0.4 is 38.1 Å². The predicted molar refractivity (Wildman–Crippen MR) is 212 cm³/mol. The number of amides is 1. The van der Waals surface area contributed by atoms with Gasteiger partial charge in [-0.05, 0) is 140 Å². The van der Waals surface area contributed by atoms with Crippen molar-refractivity contribution in [2.24, 2.45) is 35.1 Å². The molecule has 0 saturated carbocycles. The molecule has 1 amide bonds. The van der Waals surface area contributed by atoms with Crippen molar-refractivity contribution >= 4 is 5.91 Å². The first-order chi connectivity index (χ1) is 23.4. The summed E-state index contributed by atoms with van der Waals surface area (Å²) in [5, 5.41) is 17.6. The summed E-state index contributed by atoms with van der Waals surface area (Å²) in [6.07, 6.45) is 24.3. The second-order valence-electron chi connectivity index (χ2n) is 15.2. The summed E-state index contributed by atoms with van der Waals surface area (Å²) in [5.74, 6) is 3.29. The summed E-state index contributed by atoms with van der Waals surface area (Å²) >= 11 is 0. The Balaban J connectivity index is 3.97. The molecular weight excluding hydrogens is 594 g/mol. The molecule has 8 heteroatoms. The molecule has 0 bridgehead atoms. The fourth-order valence-electron chi connectivity index (χ4n) is 6.33. The molecule has 0 spiro atoms. The third kappa shape index (κ3) is 35.1. The van der Waals surface area contributed by atoms with Crippen molar-refractivity contribution in [3.05, 3.63) is 0 Å². The van der Waals surface area contributed by atoms with Crippen LogP contribution in [0, 0.1) is 23.7 Å². The Kier molecular flexibility index (Phi) is 36.9.